The third kappa shape index (κ3) is 3.72. The molecule has 3 aromatic rings. The molecular formula is C27H30N4O2. The highest BCUT2D eigenvalue weighted by molar-refractivity contribution is 6.09. The van der Waals surface area contributed by atoms with E-state index in [1.807, 2.05) is 52.3 Å². The van der Waals surface area contributed by atoms with Gasteiger partial charge in [0.1, 0.15) is 5.69 Å². The van der Waals surface area contributed by atoms with Crippen LogP contribution >= 0.6 is 0 Å². The summed E-state index contributed by atoms with van der Waals surface area (Å²) in [5.74, 6) is 0.0672. The lowest BCUT2D eigenvalue weighted by Gasteiger charge is -2.38. The van der Waals surface area contributed by atoms with E-state index < -0.39 is 0 Å². The SMILES string of the molecule is O=C(c1ccc2[nH]c(C(=O)N3CCc4ccccc43)cc2c1)N1CCN(C2CCCC2)CC1. The van der Waals surface area contributed by atoms with E-state index in [2.05, 4.69) is 16.0 Å². The maximum Gasteiger partial charge on any atom is 0.274 e. The van der Waals surface area contributed by atoms with Gasteiger partial charge in [-0.3, -0.25) is 14.5 Å². The summed E-state index contributed by atoms with van der Waals surface area (Å²) in [7, 11) is 0. The van der Waals surface area contributed by atoms with Gasteiger partial charge < -0.3 is 14.8 Å². The summed E-state index contributed by atoms with van der Waals surface area (Å²) in [4.78, 5) is 36.0. The Labute approximate surface area is 194 Å². The molecule has 170 valence electrons. The maximum atomic E-state index is 13.2. The van der Waals surface area contributed by atoms with Gasteiger partial charge in [0.05, 0.1) is 0 Å². The molecule has 2 amide bonds. The first-order valence-electron chi connectivity index (χ1n) is 12.2. The Morgan fingerprint density at radius 1 is 0.848 bits per heavy atom. The number of piperazine rings is 1. The molecule has 1 saturated carbocycles. The Morgan fingerprint density at radius 3 is 2.45 bits per heavy atom. The van der Waals surface area contributed by atoms with Crippen LogP contribution in [-0.4, -0.2) is 65.4 Å². The Bertz CT molecular complexity index is 1200. The normalized spacial score (nSPS) is 19.4. The van der Waals surface area contributed by atoms with Gasteiger partial charge in [-0.05, 0) is 55.2 Å². The van der Waals surface area contributed by atoms with Crippen molar-refractivity contribution in [3.05, 3.63) is 65.4 Å². The van der Waals surface area contributed by atoms with E-state index in [1.165, 1.54) is 31.2 Å². The van der Waals surface area contributed by atoms with Crippen molar-refractivity contribution in [3.8, 4) is 0 Å². The van der Waals surface area contributed by atoms with Crippen molar-refractivity contribution in [1.82, 2.24) is 14.8 Å². The molecule has 6 nitrogen and oxygen atoms in total. The third-order valence-electron chi connectivity index (χ3n) is 7.67. The largest absolute Gasteiger partial charge is 0.351 e. The highest BCUT2D eigenvalue weighted by atomic mass is 16.2. The average Bonchev–Trinajstić information content (AvgIpc) is 3.62. The van der Waals surface area contributed by atoms with E-state index in [-0.39, 0.29) is 11.8 Å². The molecule has 2 fully saturated rings. The molecule has 33 heavy (non-hydrogen) atoms. The van der Waals surface area contributed by atoms with Gasteiger partial charge >= 0.3 is 0 Å². The quantitative estimate of drug-likeness (QED) is 0.665. The van der Waals surface area contributed by atoms with Crippen LogP contribution < -0.4 is 4.90 Å². The number of nitrogens with zero attached hydrogens (tertiary/aromatic N) is 3. The molecular weight excluding hydrogens is 412 g/mol. The highest BCUT2D eigenvalue weighted by Gasteiger charge is 2.29. The van der Waals surface area contributed by atoms with Gasteiger partial charge in [0.25, 0.3) is 11.8 Å². The van der Waals surface area contributed by atoms with Crippen LogP contribution in [0.2, 0.25) is 0 Å². The van der Waals surface area contributed by atoms with Crippen molar-refractivity contribution < 1.29 is 9.59 Å². The minimum absolute atomic E-state index is 0.0212. The maximum absolute atomic E-state index is 13.2. The van der Waals surface area contributed by atoms with Gasteiger partial charge in [0.15, 0.2) is 0 Å². The van der Waals surface area contributed by atoms with Crippen LogP contribution in [0.15, 0.2) is 48.5 Å². The number of rotatable bonds is 3. The van der Waals surface area contributed by atoms with Crippen molar-refractivity contribution in [1.29, 1.82) is 0 Å². The Kier molecular flexibility index (Phi) is 5.18. The number of anilines is 1. The zero-order valence-corrected chi connectivity index (χ0v) is 18.9. The molecule has 6 rings (SSSR count). The van der Waals surface area contributed by atoms with Crippen molar-refractivity contribution in [3.63, 3.8) is 0 Å². The summed E-state index contributed by atoms with van der Waals surface area (Å²) in [6, 6.07) is 16.4. The molecule has 0 bridgehead atoms. The van der Waals surface area contributed by atoms with E-state index in [9.17, 15) is 9.59 Å². The molecule has 1 N–H and O–H groups in total. The lowest BCUT2D eigenvalue weighted by molar-refractivity contribution is 0.0573. The summed E-state index contributed by atoms with van der Waals surface area (Å²) in [5.41, 5.74) is 4.35. The molecule has 1 aliphatic carbocycles. The van der Waals surface area contributed by atoms with E-state index >= 15 is 0 Å². The van der Waals surface area contributed by atoms with Crippen molar-refractivity contribution >= 4 is 28.4 Å². The fraction of sp³-hybridized carbons (Fsp3) is 0.407. The van der Waals surface area contributed by atoms with Crippen LogP contribution in [0.3, 0.4) is 0 Å². The minimum atomic E-state index is -0.0212. The Balaban J connectivity index is 1.17. The number of hydrogen-bond acceptors (Lipinski definition) is 3. The van der Waals surface area contributed by atoms with Gasteiger partial charge in [-0.1, -0.05) is 31.0 Å². The standard InChI is InChI=1S/C27H30N4O2/c32-26(30-15-13-29(14-16-30)22-6-2-3-7-22)20-9-10-23-21(17-20)18-24(28-23)27(33)31-12-11-19-5-1-4-8-25(19)31/h1,4-5,8-10,17-18,22,28H,2-3,6-7,11-16H2. The first-order valence-corrected chi connectivity index (χ1v) is 12.2. The number of H-pyrrole nitrogens is 1. The van der Waals surface area contributed by atoms with Crippen molar-refractivity contribution in [2.45, 2.75) is 38.1 Å². The Morgan fingerprint density at radius 2 is 1.64 bits per heavy atom. The second-order valence-electron chi connectivity index (χ2n) is 9.59. The molecule has 2 aliphatic heterocycles. The monoisotopic (exact) mass is 442 g/mol. The summed E-state index contributed by atoms with van der Waals surface area (Å²) < 4.78 is 0. The lowest BCUT2D eigenvalue weighted by Crippen LogP contribution is -2.51. The van der Waals surface area contributed by atoms with Crippen LogP contribution in [0.5, 0.6) is 0 Å². The van der Waals surface area contributed by atoms with Gasteiger partial charge in [0, 0.05) is 60.9 Å². The number of hydrogen-bond donors (Lipinski definition) is 1. The number of amides is 2. The van der Waals surface area contributed by atoms with Crippen LogP contribution in [-0.2, 0) is 6.42 Å². The molecule has 3 heterocycles. The summed E-state index contributed by atoms with van der Waals surface area (Å²) in [5, 5.41) is 0.904. The fourth-order valence-electron chi connectivity index (χ4n) is 5.82. The van der Waals surface area contributed by atoms with Gasteiger partial charge in [-0.2, -0.15) is 0 Å². The number of aromatic amines is 1. The first-order chi connectivity index (χ1) is 16.2. The summed E-state index contributed by atoms with van der Waals surface area (Å²) in [6.45, 7) is 4.22. The number of aromatic nitrogens is 1. The number of para-hydroxylation sites is 1. The van der Waals surface area contributed by atoms with Gasteiger partial charge in [-0.15, -0.1) is 0 Å². The van der Waals surface area contributed by atoms with Gasteiger partial charge in [0.2, 0.25) is 0 Å². The molecule has 1 aromatic heterocycles. The highest BCUT2D eigenvalue weighted by Crippen LogP contribution is 2.30. The molecule has 2 aromatic carbocycles. The Hall–Kier alpha value is -3.12. The second kappa shape index (κ2) is 8.34. The fourth-order valence-corrected chi connectivity index (χ4v) is 5.82. The molecule has 3 aliphatic rings. The van der Waals surface area contributed by atoms with Crippen LogP contribution in [0.1, 0.15) is 52.1 Å². The number of nitrogens with one attached hydrogen (secondary N) is 1. The molecule has 0 atom stereocenters. The topological polar surface area (TPSA) is 59.7 Å². The number of carbonyl (C=O) groups excluding carboxylic acids is 2. The van der Waals surface area contributed by atoms with E-state index in [1.54, 1.807) is 0 Å². The molecule has 0 unspecified atom stereocenters. The summed E-state index contributed by atoms with van der Waals surface area (Å²) in [6.07, 6.45) is 6.18. The van der Waals surface area contributed by atoms with E-state index in [4.69, 9.17) is 0 Å². The molecule has 6 heteroatoms. The predicted octanol–water partition coefficient (Wildman–Crippen LogP) is 4.07. The van der Waals surface area contributed by atoms with E-state index in [0.717, 1.165) is 55.2 Å². The lowest BCUT2D eigenvalue weighted by atomic mass is 10.1. The summed E-state index contributed by atoms with van der Waals surface area (Å²) >= 11 is 0. The van der Waals surface area contributed by atoms with Crippen LogP contribution in [0, 0.1) is 0 Å². The second-order valence-corrected chi connectivity index (χ2v) is 9.59. The minimum Gasteiger partial charge on any atom is -0.351 e. The zero-order valence-electron chi connectivity index (χ0n) is 18.9. The average molecular weight is 443 g/mol. The number of carbonyl (C=O) groups is 2. The molecule has 0 radical (unpaired) electrons. The van der Waals surface area contributed by atoms with Crippen LogP contribution in [0.4, 0.5) is 5.69 Å². The first kappa shape index (κ1) is 20.5. The third-order valence-corrected chi connectivity index (χ3v) is 7.67. The number of fused-ring (bicyclic) bond motifs is 2. The van der Waals surface area contributed by atoms with Crippen LogP contribution in [0.25, 0.3) is 10.9 Å². The zero-order chi connectivity index (χ0) is 22.4. The smallest absolute Gasteiger partial charge is 0.274 e. The molecule has 1 saturated heterocycles. The molecule has 0 spiro atoms. The van der Waals surface area contributed by atoms with E-state index in [0.29, 0.717) is 17.8 Å². The van der Waals surface area contributed by atoms with Gasteiger partial charge in [-0.25, -0.2) is 0 Å². The number of benzene rings is 2. The van der Waals surface area contributed by atoms with Crippen molar-refractivity contribution in [2.24, 2.45) is 0 Å². The van der Waals surface area contributed by atoms with Crippen molar-refractivity contribution in [2.75, 3.05) is 37.6 Å². The predicted molar refractivity (Wildman–Crippen MR) is 130 cm³/mol.